The number of carboxylic acid groups (broad SMARTS) is 1. The molecular formula is C11H12O3S. The van der Waals surface area contributed by atoms with Crippen LogP contribution in [0, 0.1) is 0 Å². The normalized spacial score (nSPS) is 18.6. The van der Waals surface area contributed by atoms with Crippen molar-refractivity contribution < 1.29 is 14.6 Å². The van der Waals surface area contributed by atoms with Crippen molar-refractivity contribution in [1.29, 1.82) is 0 Å². The molecule has 0 amide bonds. The zero-order chi connectivity index (χ0) is 10.8. The van der Waals surface area contributed by atoms with Gasteiger partial charge in [-0.3, -0.25) is 4.79 Å². The molecule has 1 aromatic carbocycles. The fourth-order valence-corrected chi connectivity index (χ4v) is 3.04. The van der Waals surface area contributed by atoms with Crippen LogP contribution >= 0.6 is 11.8 Å². The average Bonchev–Trinajstić information content (AvgIpc) is 2.60. The number of hydrogen-bond donors (Lipinski definition) is 1. The molecule has 2 rings (SSSR count). The second kappa shape index (κ2) is 4.14. The predicted octanol–water partition coefficient (Wildman–Crippen LogP) is 2.36. The molecule has 0 radical (unpaired) electrons. The molecule has 0 saturated heterocycles. The first-order valence-electron chi connectivity index (χ1n) is 4.73. The lowest BCUT2D eigenvalue weighted by molar-refractivity contribution is -0.137. The lowest BCUT2D eigenvalue weighted by Crippen LogP contribution is -2.05. The van der Waals surface area contributed by atoms with Crippen LogP contribution < -0.4 is 4.74 Å². The summed E-state index contributed by atoms with van der Waals surface area (Å²) < 4.78 is 5.13. The highest BCUT2D eigenvalue weighted by Gasteiger charge is 2.25. The van der Waals surface area contributed by atoms with Gasteiger partial charge in [0.25, 0.3) is 0 Å². The topological polar surface area (TPSA) is 46.5 Å². The molecule has 0 aromatic heterocycles. The Kier molecular flexibility index (Phi) is 2.86. The van der Waals surface area contributed by atoms with Gasteiger partial charge in [0.05, 0.1) is 13.5 Å². The van der Waals surface area contributed by atoms with Crippen LogP contribution in [0.15, 0.2) is 23.1 Å². The van der Waals surface area contributed by atoms with Gasteiger partial charge in [0.1, 0.15) is 5.75 Å². The van der Waals surface area contributed by atoms with E-state index in [0.29, 0.717) is 0 Å². The number of thioether (sulfide) groups is 1. The molecule has 1 aliphatic rings. The Morgan fingerprint density at radius 3 is 3.13 bits per heavy atom. The summed E-state index contributed by atoms with van der Waals surface area (Å²) in [4.78, 5) is 11.8. The third-order valence-corrected chi connectivity index (χ3v) is 3.76. The van der Waals surface area contributed by atoms with Crippen LogP contribution in [-0.2, 0) is 4.79 Å². The molecule has 1 atom stereocenters. The third kappa shape index (κ3) is 2.09. The van der Waals surface area contributed by atoms with Crippen molar-refractivity contribution in [2.75, 3.05) is 12.9 Å². The van der Waals surface area contributed by atoms with Gasteiger partial charge in [0, 0.05) is 16.6 Å². The van der Waals surface area contributed by atoms with Crippen molar-refractivity contribution in [2.45, 2.75) is 17.2 Å². The number of carboxylic acids is 1. The van der Waals surface area contributed by atoms with Gasteiger partial charge < -0.3 is 9.84 Å². The Bertz CT molecular complexity index is 389. The minimum atomic E-state index is -0.732. The molecule has 0 aliphatic carbocycles. The highest BCUT2D eigenvalue weighted by Crippen LogP contribution is 2.42. The maximum absolute atomic E-state index is 10.7. The summed E-state index contributed by atoms with van der Waals surface area (Å²) >= 11 is 1.70. The zero-order valence-electron chi connectivity index (χ0n) is 8.40. The molecule has 1 aromatic rings. The third-order valence-electron chi connectivity index (χ3n) is 2.52. The van der Waals surface area contributed by atoms with Crippen molar-refractivity contribution in [3.8, 4) is 5.75 Å². The van der Waals surface area contributed by atoms with Gasteiger partial charge in [-0.1, -0.05) is 6.07 Å². The number of benzene rings is 1. The highest BCUT2D eigenvalue weighted by atomic mass is 32.2. The number of ether oxygens (including phenoxy) is 1. The lowest BCUT2D eigenvalue weighted by Gasteiger charge is -2.07. The van der Waals surface area contributed by atoms with Gasteiger partial charge in [-0.05, 0) is 17.7 Å². The first kappa shape index (κ1) is 10.4. The van der Waals surface area contributed by atoms with E-state index in [0.717, 1.165) is 22.0 Å². The van der Waals surface area contributed by atoms with E-state index in [4.69, 9.17) is 9.84 Å². The van der Waals surface area contributed by atoms with Crippen molar-refractivity contribution >= 4 is 17.7 Å². The fourth-order valence-electron chi connectivity index (χ4n) is 1.76. The van der Waals surface area contributed by atoms with Crippen molar-refractivity contribution in [3.63, 3.8) is 0 Å². The smallest absolute Gasteiger partial charge is 0.303 e. The molecule has 0 bridgehead atoms. The molecule has 15 heavy (non-hydrogen) atoms. The Hall–Kier alpha value is -1.16. The summed E-state index contributed by atoms with van der Waals surface area (Å²) in [5.74, 6) is 1.10. The second-order valence-electron chi connectivity index (χ2n) is 3.51. The molecule has 3 nitrogen and oxygen atoms in total. The van der Waals surface area contributed by atoms with E-state index in [-0.39, 0.29) is 12.3 Å². The summed E-state index contributed by atoms with van der Waals surface area (Å²) in [7, 11) is 1.63. The van der Waals surface area contributed by atoms with Crippen LogP contribution in [0.4, 0.5) is 0 Å². The molecule has 4 heteroatoms. The SMILES string of the molecule is COc1ccc2c(c1)SCC2CC(=O)O. The minimum Gasteiger partial charge on any atom is -0.497 e. The van der Waals surface area contributed by atoms with E-state index in [1.165, 1.54) is 0 Å². The average molecular weight is 224 g/mol. The van der Waals surface area contributed by atoms with Crippen LogP contribution in [0.1, 0.15) is 17.9 Å². The van der Waals surface area contributed by atoms with Gasteiger partial charge in [-0.15, -0.1) is 11.8 Å². The molecule has 1 aliphatic heterocycles. The molecule has 80 valence electrons. The molecule has 1 unspecified atom stereocenters. The van der Waals surface area contributed by atoms with Crippen molar-refractivity contribution in [1.82, 2.24) is 0 Å². The number of methoxy groups -OCH3 is 1. The summed E-state index contributed by atoms with van der Waals surface area (Å²) in [5.41, 5.74) is 1.14. The Morgan fingerprint density at radius 2 is 2.47 bits per heavy atom. The van der Waals surface area contributed by atoms with E-state index >= 15 is 0 Å². The maximum Gasteiger partial charge on any atom is 0.303 e. The van der Waals surface area contributed by atoms with Gasteiger partial charge in [0.2, 0.25) is 0 Å². The zero-order valence-corrected chi connectivity index (χ0v) is 9.21. The molecule has 0 saturated carbocycles. The first-order valence-corrected chi connectivity index (χ1v) is 5.72. The van der Waals surface area contributed by atoms with Crippen LogP contribution in [0.3, 0.4) is 0 Å². The van der Waals surface area contributed by atoms with Crippen LogP contribution in [0.5, 0.6) is 5.75 Å². The van der Waals surface area contributed by atoms with E-state index in [2.05, 4.69) is 0 Å². The van der Waals surface area contributed by atoms with E-state index in [1.807, 2.05) is 18.2 Å². The fraction of sp³-hybridized carbons (Fsp3) is 0.364. The van der Waals surface area contributed by atoms with Gasteiger partial charge in [-0.2, -0.15) is 0 Å². The molecular weight excluding hydrogens is 212 g/mol. The summed E-state index contributed by atoms with van der Waals surface area (Å²) in [6.07, 6.45) is 0.215. The monoisotopic (exact) mass is 224 g/mol. The number of rotatable bonds is 3. The summed E-state index contributed by atoms with van der Waals surface area (Å²) in [6.45, 7) is 0. The molecule has 1 N–H and O–H groups in total. The maximum atomic E-state index is 10.7. The summed E-state index contributed by atoms with van der Waals surface area (Å²) in [5, 5.41) is 8.77. The number of fused-ring (bicyclic) bond motifs is 1. The molecule has 1 heterocycles. The second-order valence-corrected chi connectivity index (χ2v) is 4.57. The Balaban J connectivity index is 2.24. The highest BCUT2D eigenvalue weighted by molar-refractivity contribution is 7.99. The van der Waals surface area contributed by atoms with Gasteiger partial charge >= 0.3 is 5.97 Å². The number of hydrogen-bond acceptors (Lipinski definition) is 3. The van der Waals surface area contributed by atoms with Gasteiger partial charge in [0.15, 0.2) is 0 Å². The van der Waals surface area contributed by atoms with Crippen molar-refractivity contribution in [2.24, 2.45) is 0 Å². The first-order chi connectivity index (χ1) is 7.20. The van der Waals surface area contributed by atoms with Crippen LogP contribution in [0.2, 0.25) is 0 Å². The van der Waals surface area contributed by atoms with E-state index in [1.54, 1.807) is 18.9 Å². The van der Waals surface area contributed by atoms with Crippen LogP contribution in [0.25, 0.3) is 0 Å². The van der Waals surface area contributed by atoms with Crippen molar-refractivity contribution in [3.05, 3.63) is 23.8 Å². The standard InChI is InChI=1S/C11H12O3S/c1-14-8-2-3-9-7(4-11(12)13)6-15-10(9)5-8/h2-3,5,7H,4,6H2,1H3,(H,12,13). The van der Waals surface area contributed by atoms with Gasteiger partial charge in [-0.25, -0.2) is 0 Å². The molecule has 0 fully saturated rings. The van der Waals surface area contributed by atoms with E-state index < -0.39 is 5.97 Å². The number of aliphatic carboxylic acids is 1. The Labute approximate surface area is 92.4 Å². The quantitative estimate of drug-likeness (QED) is 0.856. The number of carbonyl (C=O) groups is 1. The lowest BCUT2D eigenvalue weighted by atomic mass is 9.98. The largest absolute Gasteiger partial charge is 0.497 e. The Morgan fingerprint density at radius 1 is 1.67 bits per heavy atom. The predicted molar refractivity (Wildman–Crippen MR) is 58.7 cm³/mol. The molecule has 0 spiro atoms. The van der Waals surface area contributed by atoms with Crippen LogP contribution in [-0.4, -0.2) is 23.9 Å². The summed E-state index contributed by atoms with van der Waals surface area (Å²) in [6, 6.07) is 5.84. The van der Waals surface area contributed by atoms with E-state index in [9.17, 15) is 4.79 Å². The minimum absolute atomic E-state index is 0.147.